The minimum absolute atomic E-state index is 1.14. The molecule has 0 aliphatic rings. The first kappa shape index (κ1) is 11.9. The van der Waals surface area contributed by atoms with Crippen LogP contribution in [0.3, 0.4) is 0 Å². The predicted octanol–water partition coefficient (Wildman–Crippen LogP) is 4.32. The van der Waals surface area contributed by atoms with E-state index in [4.69, 9.17) is 0 Å². The smallest absolute Gasteiger partial charge is 0.0996 e. The Bertz CT molecular complexity index is 508. The van der Waals surface area contributed by atoms with Crippen molar-refractivity contribution in [3.63, 3.8) is 0 Å². The number of imidazole rings is 1. The average molecular weight is 228 g/mol. The van der Waals surface area contributed by atoms with Gasteiger partial charge in [0, 0.05) is 5.69 Å². The van der Waals surface area contributed by atoms with Gasteiger partial charge in [0.25, 0.3) is 0 Å². The molecule has 17 heavy (non-hydrogen) atoms. The van der Waals surface area contributed by atoms with Crippen molar-refractivity contribution in [2.75, 3.05) is 0 Å². The molecule has 0 radical (unpaired) electrons. The third-order valence-electron chi connectivity index (χ3n) is 2.98. The van der Waals surface area contributed by atoms with Crippen LogP contribution >= 0.6 is 0 Å². The van der Waals surface area contributed by atoms with E-state index in [0.717, 1.165) is 12.8 Å². The van der Waals surface area contributed by atoms with Gasteiger partial charge in [0.1, 0.15) is 0 Å². The standard InChI is InChI=1S/C15H20N2/c1-3-5-8-13(7-4-2)15-10-6-9-14-11-16-12-17(14)15/h6,8-12H,3-5,7H2,1-2H3/b13-8+. The van der Waals surface area contributed by atoms with Crippen LogP contribution in [0.5, 0.6) is 0 Å². The number of pyridine rings is 1. The Kier molecular flexibility index (Phi) is 3.97. The molecule has 0 aliphatic heterocycles. The van der Waals surface area contributed by atoms with Gasteiger partial charge in [-0.25, -0.2) is 4.98 Å². The summed E-state index contributed by atoms with van der Waals surface area (Å²) < 4.78 is 2.18. The number of aromatic nitrogens is 2. The molecule has 2 heterocycles. The second-order valence-electron chi connectivity index (χ2n) is 4.37. The topological polar surface area (TPSA) is 17.3 Å². The average Bonchev–Trinajstić information content (AvgIpc) is 2.82. The number of nitrogens with zero attached hydrogens (tertiary/aromatic N) is 2. The fourth-order valence-corrected chi connectivity index (χ4v) is 2.13. The minimum atomic E-state index is 1.14. The van der Waals surface area contributed by atoms with Crippen LogP contribution in [0.4, 0.5) is 0 Å². The van der Waals surface area contributed by atoms with Crippen LogP contribution in [0, 0.1) is 0 Å². The largest absolute Gasteiger partial charge is 0.299 e. The Hall–Kier alpha value is -1.57. The first-order valence-electron chi connectivity index (χ1n) is 6.47. The first-order chi connectivity index (χ1) is 8.36. The summed E-state index contributed by atoms with van der Waals surface area (Å²) in [4.78, 5) is 4.22. The molecule has 0 spiro atoms. The van der Waals surface area contributed by atoms with Gasteiger partial charge < -0.3 is 0 Å². The van der Waals surface area contributed by atoms with E-state index in [-0.39, 0.29) is 0 Å². The maximum absolute atomic E-state index is 4.22. The van der Waals surface area contributed by atoms with Crippen molar-refractivity contribution in [1.29, 1.82) is 0 Å². The molecular formula is C15H20N2. The van der Waals surface area contributed by atoms with Gasteiger partial charge >= 0.3 is 0 Å². The number of unbranched alkanes of at least 4 members (excludes halogenated alkanes) is 1. The molecule has 2 heteroatoms. The molecule has 0 atom stereocenters. The van der Waals surface area contributed by atoms with Crippen molar-refractivity contribution in [1.82, 2.24) is 9.38 Å². The highest BCUT2D eigenvalue weighted by Crippen LogP contribution is 2.22. The van der Waals surface area contributed by atoms with E-state index >= 15 is 0 Å². The molecule has 0 saturated heterocycles. The van der Waals surface area contributed by atoms with Crippen molar-refractivity contribution in [3.05, 3.63) is 42.5 Å². The van der Waals surface area contributed by atoms with Crippen molar-refractivity contribution in [3.8, 4) is 0 Å². The van der Waals surface area contributed by atoms with E-state index in [1.807, 2.05) is 12.5 Å². The maximum atomic E-state index is 4.22. The number of rotatable bonds is 5. The summed E-state index contributed by atoms with van der Waals surface area (Å²) in [7, 11) is 0. The molecule has 2 aromatic heterocycles. The lowest BCUT2D eigenvalue weighted by Gasteiger charge is -2.09. The Balaban J connectivity index is 2.44. The SMILES string of the molecule is CCC/C=C(\CCC)c1cccc2cncn12. The van der Waals surface area contributed by atoms with Crippen molar-refractivity contribution >= 4 is 11.1 Å². The van der Waals surface area contributed by atoms with Gasteiger partial charge in [-0.3, -0.25) is 4.40 Å². The molecule has 0 bridgehead atoms. The first-order valence-corrected chi connectivity index (χ1v) is 6.47. The summed E-state index contributed by atoms with van der Waals surface area (Å²) >= 11 is 0. The van der Waals surface area contributed by atoms with Crippen LogP contribution in [0.15, 0.2) is 36.8 Å². The van der Waals surface area contributed by atoms with Crippen molar-refractivity contribution in [2.45, 2.75) is 39.5 Å². The molecule has 0 saturated carbocycles. The molecule has 0 fully saturated rings. The molecule has 90 valence electrons. The monoisotopic (exact) mass is 228 g/mol. The third-order valence-corrected chi connectivity index (χ3v) is 2.98. The maximum Gasteiger partial charge on any atom is 0.0996 e. The Morgan fingerprint density at radius 3 is 2.94 bits per heavy atom. The van der Waals surface area contributed by atoms with Gasteiger partial charge in [0.15, 0.2) is 0 Å². The van der Waals surface area contributed by atoms with Crippen LogP contribution < -0.4 is 0 Å². The van der Waals surface area contributed by atoms with E-state index in [9.17, 15) is 0 Å². The van der Waals surface area contributed by atoms with Gasteiger partial charge in [-0.1, -0.05) is 38.8 Å². The van der Waals surface area contributed by atoms with Gasteiger partial charge in [0.05, 0.1) is 18.0 Å². The highest BCUT2D eigenvalue weighted by molar-refractivity contribution is 5.66. The zero-order valence-corrected chi connectivity index (χ0v) is 10.7. The summed E-state index contributed by atoms with van der Waals surface area (Å²) in [6, 6.07) is 6.40. The number of allylic oxidation sites excluding steroid dienone is 2. The second-order valence-corrected chi connectivity index (χ2v) is 4.37. The van der Waals surface area contributed by atoms with Crippen LogP contribution in [0.25, 0.3) is 11.1 Å². The molecule has 2 rings (SSSR count). The normalized spacial score (nSPS) is 12.2. The van der Waals surface area contributed by atoms with E-state index in [0.29, 0.717) is 0 Å². The van der Waals surface area contributed by atoms with Gasteiger partial charge in [-0.15, -0.1) is 0 Å². The van der Waals surface area contributed by atoms with Gasteiger partial charge in [-0.2, -0.15) is 0 Å². The fourth-order valence-electron chi connectivity index (χ4n) is 2.13. The Labute approximate surface area is 103 Å². The van der Waals surface area contributed by atoms with Crippen LogP contribution in [-0.4, -0.2) is 9.38 Å². The fraction of sp³-hybridized carbons (Fsp3) is 0.400. The van der Waals surface area contributed by atoms with E-state index in [1.165, 1.54) is 29.6 Å². The number of fused-ring (bicyclic) bond motifs is 1. The zero-order chi connectivity index (χ0) is 12.1. The summed E-state index contributed by atoms with van der Waals surface area (Å²) in [5.41, 5.74) is 3.90. The molecule has 0 unspecified atom stereocenters. The molecule has 2 nitrogen and oxygen atoms in total. The molecular weight excluding hydrogens is 208 g/mol. The van der Waals surface area contributed by atoms with Gasteiger partial charge in [-0.05, 0) is 30.5 Å². The van der Waals surface area contributed by atoms with Crippen LogP contribution in [-0.2, 0) is 0 Å². The summed E-state index contributed by atoms with van der Waals surface area (Å²) in [5.74, 6) is 0. The summed E-state index contributed by atoms with van der Waals surface area (Å²) in [6.07, 6.45) is 10.9. The number of hydrogen-bond donors (Lipinski definition) is 0. The van der Waals surface area contributed by atoms with Gasteiger partial charge in [0.2, 0.25) is 0 Å². The number of hydrogen-bond acceptors (Lipinski definition) is 1. The lowest BCUT2D eigenvalue weighted by atomic mass is 10.0. The minimum Gasteiger partial charge on any atom is -0.299 e. The quantitative estimate of drug-likeness (QED) is 0.745. The molecule has 0 amide bonds. The van der Waals surface area contributed by atoms with E-state index in [2.05, 4.69) is 47.5 Å². The molecule has 0 aliphatic carbocycles. The molecule has 0 aromatic carbocycles. The van der Waals surface area contributed by atoms with Crippen molar-refractivity contribution in [2.24, 2.45) is 0 Å². The molecule has 2 aromatic rings. The molecule has 0 N–H and O–H groups in total. The lowest BCUT2D eigenvalue weighted by Crippen LogP contribution is -1.95. The lowest BCUT2D eigenvalue weighted by molar-refractivity contribution is 0.923. The highest BCUT2D eigenvalue weighted by atomic mass is 15.0. The van der Waals surface area contributed by atoms with Crippen LogP contribution in [0.1, 0.15) is 45.2 Å². The Morgan fingerprint density at radius 1 is 1.29 bits per heavy atom. The predicted molar refractivity (Wildman–Crippen MR) is 73.0 cm³/mol. The van der Waals surface area contributed by atoms with Crippen molar-refractivity contribution < 1.29 is 0 Å². The zero-order valence-electron chi connectivity index (χ0n) is 10.7. The summed E-state index contributed by atoms with van der Waals surface area (Å²) in [5, 5.41) is 0. The van der Waals surface area contributed by atoms with Crippen LogP contribution in [0.2, 0.25) is 0 Å². The second kappa shape index (κ2) is 5.67. The third kappa shape index (κ3) is 2.57. The Morgan fingerprint density at radius 2 is 2.18 bits per heavy atom. The van der Waals surface area contributed by atoms with E-state index in [1.54, 1.807) is 0 Å². The highest BCUT2D eigenvalue weighted by Gasteiger charge is 2.05. The summed E-state index contributed by atoms with van der Waals surface area (Å²) in [6.45, 7) is 4.45. The van der Waals surface area contributed by atoms with E-state index < -0.39 is 0 Å².